The monoisotopic (exact) mass is 329 g/mol. The van der Waals surface area contributed by atoms with Gasteiger partial charge in [-0.1, -0.05) is 6.92 Å². The molecule has 1 N–H and O–H groups in total. The molecule has 0 aliphatic rings. The number of rotatable bonds is 6. The van der Waals surface area contributed by atoms with Crippen LogP contribution >= 0.6 is 15.9 Å². The van der Waals surface area contributed by atoms with Crippen molar-refractivity contribution >= 4 is 27.7 Å². The molecule has 0 radical (unpaired) electrons. The van der Waals surface area contributed by atoms with Gasteiger partial charge in [0.25, 0.3) is 5.91 Å². The molecule has 0 fully saturated rings. The maximum atomic E-state index is 12.3. The second-order valence-electron chi connectivity index (χ2n) is 4.39. The Balaban J connectivity index is 2.73. The lowest BCUT2D eigenvalue weighted by Gasteiger charge is -2.17. The molecule has 1 aromatic rings. The van der Waals surface area contributed by atoms with Crippen LogP contribution in [0.1, 0.15) is 30.3 Å². The van der Waals surface area contributed by atoms with Gasteiger partial charge in [0.15, 0.2) is 0 Å². The normalized spacial score (nSPS) is 10.3. The average molecular weight is 330 g/mol. The van der Waals surface area contributed by atoms with E-state index in [0.717, 1.165) is 17.4 Å². The Morgan fingerprint density at radius 3 is 2.74 bits per heavy atom. The first kappa shape index (κ1) is 15.8. The van der Waals surface area contributed by atoms with Crippen molar-refractivity contribution in [2.24, 2.45) is 0 Å². The van der Waals surface area contributed by atoms with E-state index in [-0.39, 0.29) is 11.8 Å². The van der Waals surface area contributed by atoms with Crippen LogP contribution in [0.25, 0.3) is 0 Å². The van der Waals surface area contributed by atoms with Crippen molar-refractivity contribution < 1.29 is 9.59 Å². The Bertz CT molecular complexity index is 457. The summed E-state index contributed by atoms with van der Waals surface area (Å²) >= 11 is 3.39. The van der Waals surface area contributed by atoms with Gasteiger partial charge in [-0.2, -0.15) is 0 Å². The number of aromatic nitrogens is 1. The largest absolute Gasteiger partial charge is 0.359 e. The van der Waals surface area contributed by atoms with Crippen LogP contribution in [-0.4, -0.2) is 41.9 Å². The SMILES string of the molecule is CCCn1cc(Br)cc1C(=O)N(C)CCC(=O)NC. The number of nitrogens with one attached hydrogen (secondary N) is 1. The number of aryl methyl sites for hydroxylation is 1. The number of carbonyl (C=O) groups excluding carboxylic acids is 2. The third-order valence-corrected chi connectivity index (χ3v) is 3.28. The Morgan fingerprint density at radius 2 is 2.16 bits per heavy atom. The number of halogens is 1. The summed E-state index contributed by atoms with van der Waals surface area (Å²) in [5.74, 6) is -0.132. The predicted molar refractivity (Wildman–Crippen MR) is 78.1 cm³/mol. The first-order valence-electron chi connectivity index (χ1n) is 6.31. The van der Waals surface area contributed by atoms with Gasteiger partial charge < -0.3 is 14.8 Å². The Kier molecular flexibility index (Phi) is 6.08. The molecule has 1 aromatic heterocycles. The van der Waals surface area contributed by atoms with E-state index in [9.17, 15) is 9.59 Å². The highest BCUT2D eigenvalue weighted by Gasteiger charge is 2.17. The molecular formula is C13H20BrN3O2. The van der Waals surface area contributed by atoms with Crippen molar-refractivity contribution in [2.75, 3.05) is 20.6 Å². The standard InChI is InChI=1S/C13H20BrN3O2/c1-4-6-17-9-10(14)8-11(17)13(19)16(3)7-5-12(18)15-2/h8-9H,4-7H2,1-3H3,(H,15,18). The van der Waals surface area contributed by atoms with E-state index in [0.29, 0.717) is 18.7 Å². The van der Waals surface area contributed by atoms with Crippen LogP contribution in [0, 0.1) is 0 Å². The molecule has 1 heterocycles. The lowest BCUT2D eigenvalue weighted by molar-refractivity contribution is -0.120. The van der Waals surface area contributed by atoms with Crippen LogP contribution in [0.2, 0.25) is 0 Å². The summed E-state index contributed by atoms with van der Waals surface area (Å²) in [6.45, 7) is 3.28. The highest BCUT2D eigenvalue weighted by atomic mass is 79.9. The summed E-state index contributed by atoms with van der Waals surface area (Å²) in [5.41, 5.74) is 0.646. The summed E-state index contributed by atoms with van der Waals surface area (Å²) in [4.78, 5) is 25.1. The zero-order valence-corrected chi connectivity index (χ0v) is 13.2. The molecule has 0 spiro atoms. The zero-order chi connectivity index (χ0) is 14.4. The Hall–Kier alpha value is -1.30. The molecule has 0 aromatic carbocycles. The molecule has 0 aliphatic carbocycles. The fraction of sp³-hybridized carbons (Fsp3) is 0.538. The van der Waals surface area contributed by atoms with E-state index in [1.165, 1.54) is 0 Å². The fourth-order valence-corrected chi connectivity index (χ4v) is 2.24. The molecule has 5 nitrogen and oxygen atoms in total. The molecule has 0 saturated heterocycles. The fourth-order valence-electron chi connectivity index (χ4n) is 1.77. The summed E-state index contributed by atoms with van der Waals surface area (Å²) in [7, 11) is 3.30. The van der Waals surface area contributed by atoms with Gasteiger partial charge in [0.05, 0.1) is 0 Å². The van der Waals surface area contributed by atoms with E-state index in [1.807, 2.05) is 16.8 Å². The van der Waals surface area contributed by atoms with Crippen LogP contribution in [0.4, 0.5) is 0 Å². The van der Waals surface area contributed by atoms with Gasteiger partial charge in [-0.15, -0.1) is 0 Å². The summed E-state index contributed by atoms with van der Waals surface area (Å²) in [6.07, 6.45) is 3.18. The van der Waals surface area contributed by atoms with Crippen LogP contribution in [-0.2, 0) is 11.3 Å². The van der Waals surface area contributed by atoms with E-state index in [4.69, 9.17) is 0 Å². The number of carbonyl (C=O) groups is 2. The van der Waals surface area contributed by atoms with Gasteiger partial charge in [0.1, 0.15) is 5.69 Å². The highest BCUT2D eigenvalue weighted by Crippen LogP contribution is 2.17. The lowest BCUT2D eigenvalue weighted by atomic mass is 10.3. The molecule has 0 saturated carbocycles. The minimum absolute atomic E-state index is 0.0650. The minimum Gasteiger partial charge on any atom is -0.359 e. The number of amides is 2. The smallest absolute Gasteiger partial charge is 0.270 e. The molecular weight excluding hydrogens is 310 g/mol. The first-order chi connectivity index (χ1) is 8.99. The topological polar surface area (TPSA) is 54.3 Å². The van der Waals surface area contributed by atoms with Crippen molar-refractivity contribution in [1.29, 1.82) is 0 Å². The maximum absolute atomic E-state index is 12.3. The minimum atomic E-state index is -0.0666. The summed E-state index contributed by atoms with van der Waals surface area (Å²) in [5, 5.41) is 2.55. The molecule has 0 bridgehead atoms. The van der Waals surface area contributed by atoms with Gasteiger partial charge in [-0.3, -0.25) is 9.59 Å². The third kappa shape index (κ3) is 4.38. The molecule has 106 valence electrons. The second kappa shape index (κ2) is 7.33. The summed E-state index contributed by atoms with van der Waals surface area (Å²) in [6, 6.07) is 1.81. The molecule has 6 heteroatoms. The zero-order valence-electron chi connectivity index (χ0n) is 11.6. The van der Waals surface area contributed by atoms with Crippen molar-refractivity contribution in [3.05, 3.63) is 22.4 Å². The molecule has 19 heavy (non-hydrogen) atoms. The van der Waals surface area contributed by atoms with Gasteiger partial charge in [0, 0.05) is 44.3 Å². The van der Waals surface area contributed by atoms with Crippen LogP contribution < -0.4 is 5.32 Å². The van der Waals surface area contributed by atoms with E-state index >= 15 is 0 Å². The molecule has 1 rings (SSSR count). The van der Waals surface area contributed by atoms with E-state index in [2.05, 4.69) is 28.2 Å². The third-order valence-electron chi connectivity index (χ3n) is 2.85. The Labute approximate surface area is 122 Å². The van der Waals surface area contributed by atoms with Crippen molar-refractivity contribution in [1.82, 2.24) is 14.8 Å². The molecule has 0 unspecified atom stereocenters. The molecule has 2 amide bonds. The average Bonchev–Trinajstić information content (AvgIpc) is 2.76. The summed E-state index contributed by atoms with van der Waals surface area (Å²) < 4.78 is 2.83. The lowest BCUT2D eigenvalue weighted by Crippen LogP contribution is -2.32. The molecule has 0 atom stereocenters. The number of nitrogens with zero attached hydrogens (tertiary/aromatic N) is 2. The highest BCUT2D eigenvalue weighted by molar-refractivity contribution is 9.10. The Morgan fingerprint density at radius 1 is 1.47 bits per heavy atom. The first-order valence-corrected chi connectivity index (χ1v) is 7.10. The predicted octanol–water partition coefficient (Wildman–Crippen LogP) is 1.87. The molecule has 0 aliphatic heterocycles. The second-order valence-corrected chi connectivity index (χ2v) is 5.30. The number of hydrogen-bond donors (Lipinski definition) is 1. The van der Waals surface area contributed by atoms with Crippen LogP contribution in [0.15, 0.2) is 16.7 Å². The van der Waals surface area contributed by atoms with Crippen molar-refractivity contribution in [2.45, 2.75) is 26.3 Å². The quantitative estimate of drug-likeness (QED) is 0.866. The van der Waals surface area contributed by atoms with Gasteiger partial charge in [0.2, 0.25) is 5.91 Å². The van der Waals surface area contributed by atoms with Gasteiger partial charge >= 0.3 is 0 Å². The van der Waals surface area contributed by atoms with Gasteiger partial charge in [-0.05, 0) is 28.4 Å². The van der Waals surface area contributed by atoms with Gasteiger partial charge in [-0.25, -0.2) is 0 Å². The van der Waals surface area contributed by atoms with E-state index in [1.54, 1.807) is 19.0 Å². The van der Waals surface area contributed by atoms with E-state index < -0.39 is 0 Å². The number of hydrogen-bond acceptors (Lipinski definition) is 2. The van der Waals surface area contributed by atoms with Crippen molar-refractivity contribution in [3.63, 3.8) is 0 Å². The van der Waals surface area contributed by atoms with Crippen molar-refractivity contribution in [3.8, 4) is 0 Å². The van der Waals surface area contributed by atoms with Crippen LogP contribution in [0.5, 0.6) is 0 Å². The maximum Gasteiger partial charge on any atom is 0.270 e. The van der Waals surface area contributed by atoms with Crippen LogP contribution in [0.3, 0.4) is 0 Å².